The third-order valence-corrected chi connectivity index (χ3v) is 6.75. The van der Waals surface area contributed by atoms with Gasteiger partial charge in [0.25, 0.3) is 5.56 Å². The predicted octanol–water partition coefficient (Wildman–Crippen LogP) is 4.04. The highest BCUT2D eigenvalue weighted by molar-refractivity contribution is 7.92. The molecule has 0 amide bonds. The zero-order chi connectivity index (χ0) is 23.5. The van der Waals surface area contributed by atoms with Crippen LogP contribution in [0.4, 0.5) is 21.5 Å². The zero-order valence-electron chi connectivity index (χ0n) is 17.9. The Labute approximate surface area is 190 Å². The fourth-order valence-electron chi connectivity index (χ4n) is 3.26. The minimum absolute atomic E-state index is 0.0612. The van der Waals surface area contributed by atoms with E-state index in [9.17, 15) is 17.6 Å². The summed E-state index contributed by atoms with van der Waals surface area (Å²) in [6.45, 7) is 4.15. The molecule has 11 heteroatoms. The van der Waals surface area contributed by atoms with Gasteiger partial charge in [0.05, 0.1) is 52.5 Å². The van der Waals surface area contributed by atoms with E-state index < -0.39 is 15.8 Å². The lowest BCUT2D eigenvalue weighted by Crippen LogP contribution is -2.23. The van der Waals surface area contributed by atoms with Gasteiger partial charge in [0.1, 0.15) is 5.82 Å². The molecule has 0 atom stereocenters. The minimum atomic E-state index is -3.61. The summed E-state index contributed by atoms with van der Waals surface area (Å²) < 4.78 is 47.7. The third-order valence-electron chi connectivity index (χ3n) is 4.88. The van der Waals surface area contributed by atoms with E-state index in [2.05, 4.69) is 15.0 Å². The van der Waals surface area contributed by atoms with Crippen LogP contribution in [0.1, 0.15) is 18.9 Å². The normalized spacial score (nSPS) is 11.7. The number of halogens is 2. The van der Waals surface area contributed by atoms with E-state index in [1.165, 1.54) is 17.0 Å². The fourth-order valence-corrected chi connectivity index (χ4v) is 4.70. The number of fused-ring (bicyclic) bond motifs is 1. The first kappa shape index (κ1) is 24.0. The molecule has 0 unspecified atom stereocenters. The maximum Gasteiger partial charge on any atom is 0.261 e. The van der Waals surface area contributed by atoms with E-state index >= 15 is 0 Å². The van der Waals surface area contributed by atoms with Crippen molar-refractivity contribution in [1.29, 1.82) is 0 Å². The molecule has 0 spiro atoms. The Morgan fingerprint density at radius 1 is 1.22 bits per heavy atom. The van der Waals surface area contributed by atoms with E-state index in [0.29, 0.717) is 41.7 Å². The number of nitrogens with one attached hydrogen (secondary N) is 2. The molecule has 0 saturated carbocycles. The average molecular weight is 483 g/mol. The van der Waals surface area contributed by atoms with Crippen molar-refractivity contribution in [2.75, 3.05) is 29.5 Å². The number of rotatable bonds is 9. The molecule has 32 heavy (non-hydrogen) atoms. The van der Waals surface area contributed by atoms with Gasteiger partial charge in [-0.3, -0.25) is 14.1 Å². The van der Waals surface area contributed by atoms with Gasteiger partial charge in [-0.1, -0.05) is 18.5 Å². The number of methoxy groups -OCH3 is 1. The highest BCUT2D eigenvalue weighted by atomic mass is 35.5. The second-order valence-electron chi connectivity index (χ2n) is 7.20. The third kappa shape index (κ3) is 5.03. The summed E-state index contributed by atoms with van der Waals surface area (Å²) in [5.74, 6) is -0.757. The molecule has 0 aliphatic heterocycles. The number of benzene rings is 2. The van der Waals surface area contributed by atoms with Crippen molar-refractivity contribution in [3.63, 3.8) is 0 Å². The summed E-state index contributed by atoms with van der Waals surface area (Å²) in [4.78, 5) is 17.2. The average Bonchev–Trinajstić information content (AvgIpc) is 2.74. The van der Waals surface area contributed by atoms with Gasteiger partial charge in [0, 0.05) is 12.8 Å². The number of hydrogen-bond acceptors (Lipinski definition) is 6. The highest BCUT2D eigenvalue weighted by Crippen LogP contribution is 2.36. The molecule has 0 radical (unpaired) electrons. The molecule has 0 aliphatic carbocycles. The number of aromatic nitrogens is 2. The van der Waals surface area contributed by atoms with Crippen LogP contribution in [0.5, 0.6) is 0 Å². The Kier molecular flexibility index (Phi) is 7.37. The minimum Gasteiger partial charge on any atom is -0.383 e. The first-order chi connectivity index (χ1) is 15.2. The van der Waals surface area contributed by atoms with Crippen molar-refractivity contribution in [2.24, 2.45) is 0 Å². The molecule has 1 heterocycles. The Morgan fingerprint density at radius 3 is 2.62 bits per heavy atom. The molecule has 0 fully saturated rings. The molecular formula is C21H24ClFN4O4S. The standard InChI is InChI=1S/C21H24ClFN4O4S/c1-4-11-32(29,30)26-17-6-5-14(23)20(19(17)22)25-15-7-8-16-18(13(15)2)21(28)27(12-24-16)9-10-31-3/h5-8,12,25-26H,4,9-11H2,1-3H3. The second-order valence-corrected chi connectivity index (χ2v) is 9.42. The van der Waals surface area contributed by atoms with Crippen molar-refractivity contribution < 1.29 is 17.5 Å². The van der Waals surface area contributed by atoms with Crippen LogP contribution in [-0.4, -0.2) is 37.4 Å². The summed E-state index contributed by atoms with van der Waals surface area (Å²) in [6, 6.07) is 5.69. The quantitative estimate of drug-likeness (QED) is 0.477. The van der Waals surface area contributed by atoms with Gasteiger partial charge in [-0.25, -0.2) is 17.8 Å². The SMILES string of the molecule is CCCS(=O)(=O)Nc1ccc(F)c(Nc2ccc3ncn(CCOC)c(=O)c3c2C)c1Cl. The first-order valence-corrected chi connectivity index (χ1v) is 11.9. The van der Waals surface area contributed by atoms with Gasteiger partial charge >= 0.3 is 0 Å². The topological polar surface area (TPSA) is 102 Å². The number of sulfonamides is 1. The van der Waals surface area contributed by atoms with Crippen LogP contribution in [0.15, 0.2) is 35.4 Å². The first-order valence-electron chi connectivity index (χ1n) is 9.91. The number of anilines is 3. The summed E-state index contributed by atoms with van der Waals surface area (Å²) in [5, 5.41) is 3.17. The molecular weight excluding hydrogens is 459 g/mol. The second kappa shape index (κ2) is 9.85. The number of nitrogens with zero attached hydrogens (tertiary/aromatic N) is 2. The highest BCUT2D eigenvalue weighted by Gasteiger charge is 2.18. The summed E-state index contributed by atoms with van der Waals surface area (Å²) in [6.07, 6.45) is 1.88. The van der Waals surface area contributed by atoms with E-state index in [0.717, 1.165) is 6.07 Å². The summed E-state index contributed by atoms with van der Waals surface area (Å²) in [5.41, 5.74) is 1.20. The van der Waals surface area contributed by atoms with E-state index in [-0.39, 0.29) is 27.7 Å². The Hall–Kier alpha value is -2.69. The number of hydrogen-bond donors (Lipinski definition) is 2. The van der Waals surface area contributed by atoms with Gasteiger partial charge in [0.2, 0.25) is 10.0 Å². The zero-order valence-corrected chi connectivity index (χ0v) is 19.5. The molecule has 172 valence electrons. The van der Waals surface area contributed by atoms with Crippen molar-refractivity contribution in [2.45, 2.75) is 26.8 Å². The van der Waals surface area contributed by atoms with Crippen molar-refractivity contribution in [3.8, 4) is 0 Å². The summed E-state index contributed by atoms with van der Waals surface area (Å²) >= 11 is 6.33. The molecule has 0 saturated heterocycles. The molecule has 3 rings (SSSR count). The monoisotopic (exact) mass is 482 g/mol. The van der Waals surface area contributed by atoms with Gasteiger partial charge in [-0.2, -0.15) is 0 Å². The van der Waals surface area contributed by atoms with Crippen molar-refractivity contribution in [3.05, 3.63) is 57.3 Å². The molecule has 3 aromatic rings. The molecule has 1 aromatic heterocycles. The van der Waals surface area contributed by atoms with Crippen LogP contribution in [0.25, 0.3) is 10.9 Å². The Balaban J connectivity index is 2.04. The molecule has 2 N–H and O–H groups in total. The van der Waals surface area contributed by atoms with Gasteiger partial charge < -0.3 is 10.1 Å². The predicted molar refractivity (Wildman–Crippen MR) is 125 cm³/mol. The van der Waals surface area contributed by atoms with Crippen LogP contribution in [0.2, 0.25) is 5.02 Å². The molecule has 2 aromatic carbocycles. The fraction of sp³-hybridized carbons (Fsp3) is 0.333. The van der Waals surface area contributed by atoms with Crippen LogP contribution in [0.3, 0.4) is 0 Å². The number of aryl methyl sites for hydroxylation is 1. The lowest BCUT2D eigenvalue weighted by molar-refractivity contribution is 0.186. The van der Waals surface area contributed by atoms with Crippen molar-refractivity contribution >= 4 is 49.6 Å². The maximum atomic E-state index is 14.6. The largest absolute Gasteiger partial charge is 0.383 e. The van der Waals surface area contributed by atoms with E-state index in [1.54, 1.807) is 33.1 Å². The van der Waals surface area contributed by atoms with Crippen LogP contribution >= 0.6 is 11.6 Å². The van der Waals surface area contributed by atoms with Gasteiger partial charge in [-0.15, -0.1) is 0 Å². The van der Waals surface area contributed by atoms with E-state index in [4.69, 9.17) is 16.3 Å². The Morgan fingerprint density at radius 2 is 1.94 bits per heavy atom. The van der Waals surface area contributed by atoms with Crippen LogP contribution in [-0.2, 0) is 21.3 Å². The molecule has 8 nitrogen and oxygen atoms in total. The molecule has 0 bridgehead atoms. The smallest absolute Gasteiger partial charge is 0.261 e. The lowest BCUT2D eigenvalue weighted by atomic mass is 10.1. The van der Waals surface area contributed by atoms with E-state index in [1.807, 2.05) is 0 Å². The number of ether oxygens (including phenoxy) is 1. The lowest BCUT2D eigenvalue weighted by Gasteiger charge is -2.17. The maximum absolute atomic E-state index is 14.6. The summed E-state index contributed by atoms with van der Waals surface area (Å²) in [7, 11) is -2.07. The van der Waals surface area contributed by atoms with Crippen LogP contribution in [0, 0.1) is 12.7 Å². The van der Waals surface area contributed by atoms with Gasteiger partial charge in [-0.05, 0) is 43.2 Å². The Bertz CT molecular complexity index is 1310. The van der Waals surface area contributed by atoms with Crippen molar-refractivity contribution in [1.82, 2.24) is 9.55 Å². The van der Waals surface area contributed by atoms with Crippen LogP contribution < -0.4 is 15.6 Å². The molecule has 0 aliphatic rings. The van der Waals surface area contributed by atoms with Gasteiger partial charge in [0.15, 0.2) is 0 Å².